The van der Waals surface area contributed by atoms with Crippen LogP contribution in [0.4, 0.5) is 10.5 Å². The van der Waals surface area contributed by atoms with Gasteiger partial charge in [-0.15, -0.1) is 0 Å². The van der Waals surface area contributed by atoms with Crippen LogP contribution in [0.3, 0.4) is 0 Å². The molecule has 2 aliphatic rings. The molecule has 0 saturated carbocycles. The first-order valence-electron chi connectivity index (χ1n) is 9.57. The second-order valence-electron chi connectivity index (χ2n) is 6.77. The molecule has 1 atom stereocenters. The normalized spacial score (nSPS) is 19.6. The average molecular weight is 376 g/mol. The van der Waals surface area contributed by atoms with E-state index in [0.717, 1.165) is 13.0 Å². The Balaban J connectivity index is 1.35. The van der Waals surface area contributed by atoms with E-state index in [-0.39, 0.29) is 18.5 Å². The van der Waals surface area contributed by atoms with Gasteiger partial charge in [-0.1, -0.05) is 0 Å². The number of hydrogen-bond acceptors (Lipinski definition) is 5. The third-order valence-corrected chi connectivity index (χ3v) is 4.78. The van der Waals surface area contributed by atoms with E-state index in [1.807, 2.05) is 0 Å². The summed E-state index contributed by atoms with van der Waals surface area (Å²) in [6.07, 6.45) is 3.33. The number of hydrogen-bond donors (Lipinski definition) is 3. The molecule has 2 saturated heterocycles. The third kappa shape index (κ3) is 6.41. The molecule has 3 amide bonds. The van der Waals surface area contributed by atoms with Gasteiger partial charge in [-0.2, -0.15) is 0 Å². The van der Waals surface area contributed by atoms with Crippen molar-refractivity contribution in [2.45, 2.75) is 25.3 Å². The van der Waals surface area contributed by atoms with Crippen molar-refractivity contribution in [1.82, 2.24) is 15.5 Å². The Kier molecular flexibility index (Phi) is 7.29. The van der Waals surface area contributed by atoms with Gasteiger partial charge < -0.3 is 30.3 Å². The highest BCUT2D eigenvalue weighted by Crippen LogP contribution is 2.16. The average Bonchev–Trinajstić information content (AvgIpc) is 3.21. The van der Waals surface area contributed by atoms with Crippen molar-refractivity contribution in [3.8, 4) is 5.75 Å². The number of anilines is 1. The Hall–Kier alpha value is -2.32. The number of morpholine rings is 1. The molecule has 148 valence electrons. The van der Waals surface area contributed by atoms with E-state index in [1.165, 1.54) is 12.8 Å². The number of carbonyl (C=O) groups excluding carboxylic acids is 2. The van der Waals surface area contributed by atoms with Crippen LogP contribution in [-0.4, -0.2) is 68.9 Å². The van der Waals surface area contributed by atoms with Crippen molar-refractivity contribution in [2.75, 3.05) is 51.3 Å². The molecule has 3 rings (SSSR count). The number of ether oxygens (including phenoxy) is 2. The first kappa shape index (κ1) is 19.4. The Morgan fingerprint density at radius 1 is 1.22 bits per heavy atom. The number of benzene rings is 1. The Morgan fingerprint density at radius 3 is 2.70 bits per heavy atom. The molecule has 2 aliphatic heterocycles. The molecule has 0 aromatic heterocycles. The van der Waals surface area contributed by atoms with Crippen LogP contribution in [0, 0.1) is 0 Å². The maximum Gasteiger partial charge on any atom is 0.319 e. The smallest absolute Gasteiger partial charge is 0.319 e. The molecule has 0 aliphatic carbocycles. The van der Waals surface area contributed by atoms with Crippen molar-refractivity contribution >= 4 is 17.6 Å². The molecule has 2 heterocycles. The molecule has 0 radical (unpaired) electrons. The molecule has 0 spiro atoms. The zero-order chi connectivity index (χ0) is 18.9. The number of urea groups is 1. The number of nitrogens with one attached hydrogen (secondary N) is 3. The largest absolute Gasteiger partial charge is 0.484 e. The van der Waals surface area contributed by atoms with Crippen molar-refractivity contribution in [3.05, 3.63) is 24.3 Å². The zero-order valence-corrected chi connectivity index (χ0v) is 15.5. The van der Waals surface area contributed by atoms with E-state index in [2.05, 4.69) is 16.0 Å². The Bertz CT molecular complexity index is 611. The van der Waals surface area contributed by atoms with E-state index < -0.39 is 0 Å². The molecule has 0 unspecified atom stereocenters. The third-order valence-electron chi connectivity index (χ3n) is 4.78. The van der Waals surface area contributed by atoms with Crippen LogP contribution in [0.2, 0.25) is 0 Å². The van der Waals surface area contributed by atoms with Crippen molar-refractivity contribution < 1.29 is 19.1 Å². The molecule has 1 aromatic carbocycles. The van der Waals surface area contributed by atoms with Gasteiger partial charge in [0.05, 0.1) is 13.2 Å². The first-order valence-corrected chi connectivity index (χ1v) is 9.57. The van der Waals surface area contributed by atoms with E-state index in [4.69, 9.17) is 9.47 Å². The quantitative estimate of drug-likeness (QED) is 0.665. The number of amides is 3. The van der Waals surface area contributed by atoms with Gasteiger partial charge in [0.2, 0.25) is 0 Å². The van der Waals surface area contributed by atoms with Crippen molar-refractivity contribution in [3.63, 3.8) is 0 Å². The predicted octanol–water partition coefficient (Wildman–Crippen LogP) is 1.19. The molecule has 8 nitrogen and oxygen atoms in total. The van der Waals surface area contributed by atoms with Gasteiger partial charge in [0, 0.05) is 31.4 Å². The van der Waals surface area contributed by atoms with Crippen LogP contribution in [0.5, 0.6) is 5.75 Å². The predicted molar refractivity (Wildman–Crippen MR) is 102 cm³/mol. The molecule has 8 heteroatoms. The fourth-order valence-electron chi connectivity index (χ4n) is 3.22. The maximum absolute atomic E-state index is 12.1. The van der Waals surface area contributed by atoms with Crippen LogP contribution < -0.4 is 20.7 Å². The highest BCUT2D eigenvalue weighted by atomic mass is 16.5. The molecule has 27 heavy (non-hydrogen) atoms. The SMILES string of the molecule is O=C(NCC[C@H]1CCCN1)Nc1ccc(OCC(=O)N2CCOCC2)cc1. The summed E-state index contributed by atoms with van der Waals surface area (Å²) in [6, 6.07) is 7.29. The summed E-state index contributed by atoms with van der Waals surface area (Å²) in [4.78, 5) is 25.7. The molecular weight excluding hydrogens is 348 g/mol. The monoisotopic (exact) mass is 376 g/mol. The van der Waals surface area contributed by atoms with E-state index >= 15 is 0 Å². The molecule has 1 aromatic rings. The summed E-state index contributed by atoms with van der Waals surface area (Å²) in [5.74, 6) is 0.548. The van der Waals surface area contributed by atoms with E-state index in [9.17, 15) is 9.59 Å². The lowest BCUT2D eigenvalue weighted by atomic mass is 10.1. The number of nitrogens with zero attached hydrogens (tertiary/aromatic N) is 1. The zero-order valence-electron chi connectivity index (χ0n) is 15.5. The Labute approximate surface area is 159 Å². The van der Waals surface area contributed by atoms with Gasteiger partial charge in [-0.05, 0) is 50.1 Å². The maximum atomic E-state index is 12.1. The van der Waals surface area contributed by atoms with Crippen molar-refractivity contribution in [2.24, 2.45) is 0 Å². The van der Waals surface area contributed by atoms with Crippen LogP contribution in [0.1, 0.15) is 19.3 Å². The first-order chi connectivity index (χ1) is 13.2. The standard InChI is InChI=1S/C19H28N4O4/c24-18(23-10-12-26-13-11-23)14-27-17-5-3-16(4-6-17)22-19(25)21-9-7-15-2-1-8-20-15/h3-6,15,20H,1-2,7-14H2,(H2,21,22,25)/t15-/m1/s1. The summed E-state index contributed by atoms with van der Waals surface area (Å²) in [6.45, 7) is 4.09. The van der Waals surface area contributed by atoms with Crippen LogP contribution in [0.25, 0.3) is 0 Å². The lowest BCUT2D eigenvalue weighted by molar-refractivity contribution is -0.137. The lowest BCUT2D eigenvalue weighted by Gasteiger charge is -2.26. The topological polar surface area (TPSA) is 91.9 Å². The van der Waals surface area contributed by atoms with Gasteiger partial charge in [-0.25, -0.2) is 4.79 Å². The summed E-state index contributed by atoms with van der Waals surface area (Å²) in [7, 11) is 0. The van der Waals surface area contributed by atoms with E-state index in [1.54, 1.807) is 29.2 Å². The van der Waals surface area contributed by atoms with Gasteiger partial charge in [0.15, 0.2) is 6.61 Å². The van der Waals surface area contributed by atoms with Gasteiger partial charge in [0.25, 0.3) is 5.91 Å². The number of carbonyl (C=O) groups is 2. The summed E-state index contributed by atoms with van der Waals surface area (Å²) in [5.41, 5.74) is 0.679. The van der Waals surface area contributed by atoms with Crippen molar-refractivity contribution in [1.29, 1.82) is 0 Å². The second kappa shape index (κ2) is 10.1. The highest BCUT2D eigenvalue weighted by molar-refractivity contribution is 5.89. The van der Waals surface area contributed by atoms with Crippen LogP contribution >= 0.6 is 0 Å². The Morgan fingerprint density at radius 2 is 2.00 bits per heavy atom. The minimum absolute atomic E-state index is 0.00244. The summed E-state index contributed by atoms with van der Waals surface area (Å²) >= 11 is 0. The summed E-state index contributed by atoms with van der Waals surface area (Å²) in [5, 5.41) is 9.07. The van der Waals surface area contributed by atoms with Gasteiger partial charge >= 0.3 is 6.03 Å². The minimum Gasteiger partial charge on any atom is -0.484 e. The molecule has 3 N–H and O–H groups in total. The fraction of sp³-hybridized carbons (Fsp3) is 0.579. The molecular formula is C19H28N4O4. The fourth-order valence-corrected chi connectivity index (χ4v) is 3.22. The molecule has 2 fully saturated rings. The highest BCUT2D eigenvalue weighted by Gasteiger charge is 2.17. The van der Waals surface area contributed by atoms with Gasteiger partial charge in [-0.3, -0.25) is 4.79 Å². The van der Waals surface area contributed by atoms with Crippen LogP contribution in [-0.2, 0) is 9.53 Å². The lowest BCUT2D eigenvalue weighted by Crippen LogP contribution is -2.42. The van der Waals surface area contributed by atoms with E-state index in [0.29, 0.717) is 50.3 Å². The number of rotatable bonds is 7. The van der Waals surface area contributed by atoms with Crippen LogP contribution in [0.15, 0.2) is 24.3 Å². The minimum atomic E-state index is -0.218. The summed E-state index contributed by atoms with van der Waals surface area (Å²) < 4.78 is 10.8. The van der Waals surface area contributed by atoms with Gasteiger partial charge in [0.1, 0.15) is 5.75 Å². The molecule has 0 bridgehead atoms. The second-order valence-corrected chi connectivity index (χ2v) is 6.77.